The van der Waals surface area contributed by atoms with Gasteiger partial charge in [0, 0.05) is 53.9 Å². The number of rotatable bonds is 8. The van der Waals surface area contributed by atoms with Gasteiger partial charge in [0.15, 0.2) is 17.4 Å². The largest absolute Gasteiger partial charge is 0.346 e. The number of aromatic amines is 1. The van der Waals surface area contributed by atoms with Crippen molar-refractivity contribution >= 4 is 16.8 Å². The van der Waals surface area contributed by atoms with Crippen LogP contribution in [-0.4, -0.2) is 25.3 Å². The van der Waals surface area contributed by atoms with Gasteiger partial charge >= 0.3 is 0 Å². The highest BCUT2D eigenvalue weighted by atomic mass is 19.2. The molecule has 6 aromatic rings. The second kappa shape index (κ2) is 11.1. The lowest BCUT2D eigenvalue weighted by Gasteiger charge is -2.09. The lowest BCUT2D eigenvalue weighted by atomic mass is 9.98. The van der Waals surface area contributed by atoms with E-state index in [-0.39, 0.29) is 24.3 Å². The standard InChI is InChI=1S/C33H24F2N4O2/c34-29-8-6-22(16-30(29)35)20-39-14-2-5-26(33(39)41)31(40)9-7-21-3-1-4-24(15-21)28-19-38-32-27(28)17-25(18-37-32)23-10-12-36-13-11-23/h1-6,8,10-19H,7,9,20H2,(H,37,38). The van der Waals surface area contributed by atoms with E-state index >= 15 is 0 Å². The molecule has 1 N–H and O–H groups in total. The molecule has 4 aromatic heterocycles. The topological polar surface area (TPSA) is 80.6 Å². The maximum Gasteiger partial charge on any atom is 0.261 e. The molecule has 0 unspecified atom stereocenters. The van der Waals surface area contributed by atoms with Crippen LogP contribution in [0.15, 0.2) is 109 Å². The first-order chi connectivity index (χ1) is 20.0. The predicted molar refractivity (Wildman–Crippen MR) is 154 cm³/mol. The number of benzene rings is 2. The Balaban J connectivity index is 1.20. The van der Waals surface area contributed by atoms with Crippen molar-refractivity contribution in [3.63, 3.8) is 0 Å². The molecule has 0 saturated heterocycles. The molecule has 2 aromatic carbocycles. The third-order valence-electron chi connectivity index (χ3n) is 7.08. The van der Waals surface area contributed by atoms with Gasteiger partial charge in [-0.15, -0.1) is 0 Å². The van der Waals surface area contributed by atoms with Gasteiger partial charge in [-0.05, 0) is 71.1 Å². The third-order valence-corrected chi connectivity index (χ3v) is 7.08. The molecule has 0 fully saturated rings. The fraction of sp³-hybridized carbons (Fsp3) is 0.0909. The van der Waals surface area contributed by atoms with Gasteiger partial charge in [0.05, 0.1) is 12.1 Å². The van der Waals surface area contributed by atoms with Crippen LogP contribution in [0.1, 0.15) is 27.9 Å². The van der Waals surface area contributed by atoms with Crippen molar-refractivity contribution in [2.45, 2.75) is 19.4 Å². The van der Waals surface area contributed by atoms with Crippen LogP contribution in [0.4, 0.5) is 8.78 Å². The Hall–Kier alpha value is -5.24. The molecule has 0 atom stereocenters. The molecule has 0 aliphatic carbocycles. The smallest absolute Gasteiger partial charge is 0.261 e. The molecule has 41 heavy (non-hydrogen) atoms. The van der Waals surface area contributed by atoms with E-state index in [1.807, 2.05) is 48.8 Å². The quantitative estimate of drug-likeness (QED) is 0.218. The third kappa shape index (κ3) is 5.45. The van der Waals surface area contributed by atoms with Gasteiger partial charge in [0.25, 0.3) is 5.56 Å². The number of pyridine rings is 3. The van der Waals surface area contributed by atoms with Crippen molar-refractivity contribution in [1.82, 2.24) is 19.5 Å². The van der Waals surface area contributed by atoms with Gasteiger partial charge in [0.1, 0.15) is 5.65 Å². The second-order valence-corrected chi connectivity index (χ2v) is 9.79. The minimum absolute atomic E-state index is 0.0293. The summed E-state index contributed by atoms with van der Waals surface area (Å²) in [6, 6.07) is 20.5. The summed E-state index contributed by atoms with van der Waals surface area (Å²) in [5.74, 6) is -2.22. The van der Waals surface area contributed by atoms with Crippen LogP contribution in [-0.2, 0) is 13.0 Å². The average Bonchev–Trinajstić information content (AvgIpc) is 3.43. The highest BCUT2D eigenvalue weighted by molar-refractivity contribution is 5.97. The Bertz CT molecular complexity index is 1950. The van der Waals surface area contributed by atoms with Crippen LogP contribution in [0, 0.1) is 11.6 Å². The number of carbonyl (C=O) groups excluding carboxylic acids is 1. The summed E-state index contributed by atoms with van der Waals surface area (Å²) < 4.78 is 28.2. The molecule has 6 rings (SSSR count). The molecule has 0 spiro atoms. The normalized spacial score (nSPS) is 11.2. The van der Waals surface area contributed by atoms with Gasteiger partial charge in [-0.3, -0.25) is 14.6 Å². The first-order valence-corrected chi connectivity index (χ1v) is 13.1. The Morgan fingerprint density at radius 3 is 2.54 bits per heavy atom. The number of carbonyl (C=O) groups is 1. The maximum absolute atomic E-state index is 13.6. The number of hydrogen-bond acceptors (Lipinski definition) is 4. The van der Waals surface area contributed by atoms with Crippen LogP contribution in [0.25, 0.3) is 33.3 Å². The van der Waals surface area contributed by atoms with Crippen molar-refractivity contribution < 1.29 is 13.6 Å². The van der Waals surface area contributed by atoms with E-state index in [9.17, 15) is 18.4 Å². The van der Waals surface area contributed by atoms with E-state index in [2.05, 4.69) is 21.0 Å². The summed E-state index contributed by atoms with van der Waals surface area (Å²) in [6.07, 6.45) is 9.38. The number of H-pyrrole nitrogens is 1. The Labute approximate surface area is 234 Å². The van der Waals surface area contributed by atoms with Gasteiger partial charge in [0.2, 0.25) is 0 Å². The summed E-state index contributed by atoms with van der Waals surface area (Å²) in [7, 11) is 0. The Kier molecular flexibility index (Phi) is 7.04. The number of Topliss-reactive ketones (excluding diaryl/α,β-unsaturated/α-hetero) is 1. The number of nitrogens with one attached hydrogen (secondary N) is 1. The van der Waals surface area contributed by atoms with E-state index in [1.165, 1.54) is 22.9 Å². The number of aryl methyl sites for hydroxylation is 1. The zero-order valence-electron chi connectivity index (χ0n) is 21.9. The monoisotopic (exact) mass is 546 g/mol. The second-order valence-electron chi connectivity index (χ2n) is 9.79. The average molecular weight is 547 g/mol. The zero-order valence-corrected chi connectivity index (χ0v) is 21.9. The summed E-state index contributed by atoms with van der Waals surface area (Å²) in [5.41, 5.74) is 5.77. The number of hydrogen-bond donors (Lipinski definition) is 1. The maximum atomic E-state index is 13.6. The molecule has 202 valence electrons. The fourth-order valence-corrected chi connectivity index (χ4v) is 4.94. The summed E-state index contributed by atoms with van der Waals surface area (Å²) in [5, 5.41) is 0.985. The molecular weight excluding hydrogens is 522 g/mol. The molecule has 0 aliphatic rings. The van der Waals surface area contributed by atoms with Gasteiger partial charge in [-0.2, -0.15) is 0 Å². The van der Waals surface area contributed by atoms with Crippen molar-refractivity contribution in [3.05, 3.63) is 142 Å². The minimum atomic E-state index is -0.983. The van der Waals surface area contributed by atoms with Crippen LogP contribution in [0.5, 0.6) is 0 Å². The highest BCUT2D eigenvalue weighted by Gasteiger charge is 2.14. The molecule has 4 heterocycles. The Morgan fingerprint density at radius 2 is 1.71 bits per heavy atom. The number of ketones is 1. The summed E-state index contributed by atoms with van der Waals surface area (Å²) in [4.78, 5) is 38.0. The number of fused-ring (bicyclic) bond motifs is 1. The van der Waals surface area contributed by atoms with E-state index in [1.54, 1.807) is 18.5 Å². The van der Waals surface area contributed by atoms with Crippen LogP contribution >= 0.6 is 0 Å². The zero-order chi connectivity index (χ0) is 28.3. The molecular formula is C33H24F2N4O2. The SMILES string of the molecule is O=C(CCc1cccc(-c2c[nH]c3ncc(-c4ccncc4)cc23)c1)c1cccn(Cc2ccc(F)c(F)c2)c1=O. The molecule has 0 saturated carbocycles. The van der Waals surface area contributed by atoms with Gasteiger partial charge < -0.3 is 9.55 Å². The van der Waals surface area contributed by atoms with Crippen LogP contribution < -0.4 is 5.56 Å². The molecule has 0 amide bonds. The van der Waals surface area contributed by atoms with E-state index in [0.29, 0.717) is 12.0 Å². The highest BCUT2D eigenvalue weighted by Crippen LogP contribution is 2.31. The summed E-state index contributed by atoms with van der Waals surface area (Å²) in [6.45, 7) is 0.0293. The van der Waals surface area contributed by atoms with Crippen molar-refractivity contribution in [2.75, 3.05) is 0 Å². The van der Waals surface area contributed by atoms with Gasteiger partial charge in [-0.1, -0.05) is 30.3 Å². The van der Waals surface area contributed by atoms with Crippen molar-refractivity contribution in [2.24, 2.45) is 0 Å². The number of aromatic nitrogens is 4. The minimum Gasteiger partial charge on any atom is -0.346 e. The van der Waals surface area contributed by atoms with Gasteiger partial charge in [-0.25, -0.2) is 13.8 Å². The molecule has 0 aliphatic heterocycles. The van der Waals surface area contributed by atoms with Crippen LogP contribution in [0.3, 0.4) is 0 Å². The summed E-state index contributed by atoms with van der Waals surface area (Å²) >= 11 is 0. The van der Waals surface area contributed by atoms with Crippen molar-refractivity contribution in [3.8, 4) is 22.3 Å². The molecule has 8 heteroatoms. The first kappa shape index (κ1) is 26.0. The van der Waals surface area contributed by atoms with E-state index in [4.69, 9.17) is 0 Å². The Morgan fingerprint density at radius 1 is 0.854 bits per heavy atom. The number of halogens is 2. The number of nitrogens with zero attached hydrogens (tertiary/aromatic N) is 3. The lowest BCUT2D eigenvalue weighted by Crippen LogP contribution is -2.26. The van der Waals surface area contributed by atoms with E-state index in [0.717, 1.165) is 51.0 Å². The predicted octanol–water partition coefficient (Wildman–Crippen LogP) is 6.60. The molecule has 6 nitrogen and oxygen atoms in total. The van der Waals surface area contributed by atoms with Crippen molar-refractivity contribution in [1.29, 1.82) is 0 Å². The lowest BCUT2D eigenvalue weighted by molar-refractivity contribution is 0.0980. The van der Waals surface area contributed by atoms with Crippen LogP contribution in [0.2, 0.25) is 0 Å². The fourth-order valence-electron chi connectivity index (χ4n) is 4.94. The molecule has 0 radical (unpaired) electrons. The first-order valence-electron chi connectivity index (χ1n) is 13.1. The molecule has 0 bridgehead atoms. The van der Waals surface area contributed by atoms with E-state index < -0.39 is 17.2 Å².